The predicted octanol–water partition coefficient (Wildman–Crippen LogP) is 3.34. The summed E-state index contributed by atoms with van der Waals surface area (Å²) in [7, 11) is 1.37. The van der Waals surface area contributed by atoms with Gasteiger partial charge >= 0.3 is 5.97 Å². The maximum Gasteiger partial charge on any atom is 0.339 e. The Morgan fingerprint density at radius 2 is 2.21 bits per heavy atom. The third kappa shape index (κ3) is 1.38. The first-order chi connectivity index (χ1) is 6.74. The number of methoxy groups -OCH3 is 1. The normalized spacial score (nSPS) is 10.4. The smallest absolute Gasteiger partial charge is 0.339 e. The summed E-state index contributed by atoms with van der Waals surface area (Å²) >= 11 is 7.46. The van der Waals surface area contributed by atoms with E-state index in [1.165, 1.54) is 18.4 Å². The van der Waals surface area contributed by atoms with Crippen LogP contribution in [0.2, 0.25) is 5.02 Å². The van der Waals surface area contributed by atoms with Gasteiger partial charge in [0.25, 0.3) is 0 Å². The van der Waals surface area contributed by atoms with Crippen LogP contribution in [0.4, 0.5) is 0 Å². The van der Waals surface area contributed by atoms with E-state index in [4.69, 9.17) is 11.6 Å². The van der Waals surface area contributed by atoms with E-state index < -0.39 is 0 Å². The molecule has 0 spiro atoms. The van der Waals surface area contributed by atoms with Crippen LogP contribution in [-0.4, -0.2) is 13.1 Å². The number of benzene rings is 1. The second-order valence-electron chi connectivity index (χ2n) is 2.75. The number of hydrogen-bond donors (Lipinski definition) is 0. The Bertz CT molecular complexity index is 490. The number of esters is 1. The summed E-state index contributed by atoms with van der Waals surface area (Å²) in [5, 5.41) is 3.47. The Balaban J connectivity index is 2.72. The first-order valence-corrected chi connectivity index (χ1v) is 5.24. The van der Waals surface area contributed by atoms with Crippen LogP contribution in [0, 0.1) is 0 Å². The van der Waals surface area contributed by atoms with Gasteiger partial charge in [0, 0.05) is 10.4 Å². The molecule has 0 aliphatic heterocycles. The van der Waals surface area contributed by atoms with Crippen molar-refractivity contribution in [2.45, 2.75) is 0 Å². The highest BCUT2D eigenvalue weighted by atomic mass is 35.5. The van der Waals surface area contributed by atoms with Crippen LogP contribution in [0.3, 0.4) is 0 Å². The molecular weight excluding hydrogens is 220 g/mol. The Morgan fingerprint density at radius 3 is 2.93 bits per heavy atom. The molecule has 0 aliphatic rings. The molecule has 0 radical (unpaired) electrons. The van der Waals surface area contributed by atoms with E-state index in [0.717, 1.165) is 10.1 Å². The fraction of sp³-hybridized carbons (Fsp3) is 0.100. The first kappa shape index (κ1) is 9.49. The molecule has 0 amide bonds. The van der Waals surface area contributed by atoms with Crippen LogP contribution in [0.25, 0.3) is 10.1 Å². The molecule has 1 heterocycles. The molecule has 0 aliphatic carbocycles. The molecule has 0 saturated carbocycles. The second-order valence-corrected chi connectivity index (χ2v) is 4.07. The zero-order valence-electron chi connectivity index (χ0n) is 7.41. The molecule has 1 aromatic carbocycles. The number of ether oxygens (including phenoxy) is 1. The summed E-state index contributed by atoms with van der Waals surface area (Å²) in [6.07, 6.45) is 0. The third-order valence-electron chi connectivity index (χ3n) is 1.97. The molecule has 0 saturated heterocycles. The highest BCUT2D eigenvalue weighted by Gasteiger charge is 2.12. The minimum absolute atomic E-state index is 0.325. The summed E-state index contributed by atoms with van der Waals surface area (Å²) < 4.78 is 5.56. The molecular formula is C10H7ClO2S. The quantitative estimate of drug-likeness (QED) is 0.698. The van der Waals surface area contributed by atoms with E-state index in [2.05, 4.69) is 4.74 Å². The van der Waals surface area contributed by atoms with Gasteiger partial charge in [0.2, 0.25) is 0 Å². The lowest BCUT2D eigenvalue weighted by molar-refractivity contribution is 0.0603. The van der Waals surface area contributed by atoms with Crippen molar-refractivity contribution in [3.05, 3.63) is 34.2 Å². The number of hydrogen-bond acceptors (Lipinski definition) is 3. The van der Waals surface area contributed by atoms with Gasteiger partial charge in [0.15, 0.2) is 0 Å². The third-order valence-corrected chi connectivity index (χ3v) is 3.25. The SMILES string of the molecule is COC(=O)c1ccc(Cl)c2ccsc12. The Labute approximate surface area is 90.1 Å². The number of fused-ring (bicyclic) bond motifs is 1. The van der Waals surface area contributed by atoms with Crippen molar-refractivity contribution in [2.24, 2.45) is 0 Å². The van der Waals surface area contributed by atoms with Crippen LogP contribution in [0.1, 0.15) is 10.4 Å². The summed E-state index contributed by atoms with van der Waals surface area (Å²) in [6, 6.07) is 5.30. The molecule has 0 bridgehead atoms. The van der Waals surface area contributed by atoms with Crippen molar-refractivity contribution in [2.75, 3.05) is 7.11 Å². The second kappa shape index (κ2) is 3.59. The Kier molecular flexibility index (Phi) is 2.44. The number of carbonyl (C=O) groups is 1. The first-order valence-electron chi connectivity index (χ1n) is 3.98. The molecule has 0 fully saturated rings. The van der Waals surface area contributed by atoms with E-state index >= 15 is 0 Å². The van der Waals surface area contributed by atoms with Crippen molar-refractivity contribution in [3.8, 4) is 0 Å². The monoisotopic (exact) mass is 226 g/mol. The standard InChI is InChI=1S/C10H7ClO2S/c1-13-10(12)7-2-3-8(11)6-4-5-14-9(6)7/h2-5H,1H3. The van der Waals surface area contributed by atoms with E-state index in [0.29, 0.717) is 10.6 Å². The maximum absolute atomic E-state index is 11.4. The van der Waals surface area contributed by atoms with Gasteiger partial charge in [-0.05, 0) is 23.6 Å². The van der Waals surface area contributed by atoms with Gasteiger partial charge in [-0.2, -0.15) is 0 Å². The molecule has 2 aromatic rings. The van der Waals surface area contributed by atoms with Crippen molar-refractivity contribution < 1.29 is 9.53 Å². The van der Waals surface area contributed by atoms with Crippen LogP contribution in [0.5, 0.6) is 0 Å². The topological polar surface area (TPSA) is 26.3 Å². The number of thiophene rings is 1. The van der Waals surface area contributed by atoms with Crippen molar-refractivity contribution >= 4 is 39.0 Å². The fourth-order valence-corrected chi connectivity index (χ4v) is 2.50. The summed E-state index contributed by atoms with van der Waals surface area (Å²) in [6.45, 7) is 0. The zero-order chi connectivity index (χ0) is 10.1. The zero-order valence-corrected chi connectivity index (χ0v) is 8.98. The molecule has 0 N–H and O–H groups in total. The average Bonchev–Trinajstić information content (AvgIpc) is 2.67. The van der Waals surface area contributed by atoms with Crippen LogP contribution in [0.15, 0.2) is 23.6 Å². The van der Waals surface area contributed by atoms with Gasteiger partial charge in [-0.3, -0.25) is 0 Å². The average molecular weight is 227 g/mol. The van der Waals surface area contributed by atoms with E-state index in [1.807, 2.05) is 11.4 Å². The van der Waals surface area contributed by atoms with Gasteiger partial charge in [-0.25, -0.2) is 4.79 Å². The maximum atomic E-state index is 11.4. The van der Waals surface area contributed by atoms with E-state index in [9.17, 15) is 4.79 Å². The summed E-state index contributed by atoms with van der Waals surface area (Å²) in [5.41, 5.74) is 0.571. The Morgan fingerprint density at radius 1 is 1.43 bits per heavy atom. The minimum atomic E-state index is -0.325. The fourth-order valence-electron chi connectivity index (χ4n) is 1.30. The van der Waals surface area contributed by atoms with Gasteiger partial charge in [0.05, 0.1) is 17.4 Å². The largest absolute Gasteiger partial charge is 0.465 e. The van der Waals surface area contributed by atoms with Gasteiger partial charge in [-0.1, -0.05) is 11.6 Å². The highest BCUT2D eigenvalue weighted by molar-refractivity contribution is 7.17. The van der Waals surface area contributed by atoms with Gasteiger partial charge in [-0.15, -0.1) is 11.3 Å². The molecule has 2 nitrogen and oxygen atoms in total. The lowest BCUT2D eigenvalue weighted by Crippen LogP contribution is -2.00. The predicted molar refractivity (Wildman–Crippen MR) is 58.2 cm³/mol. The van der Waals surface area contributed by atoms with E-state index in [1.54, 1.807) is 12.1 Å². The molecule has 4 heteroatoms. The number of carbonyl (C=O) groups excluding carboxylic acids is 1. The molecule has 72 valence electrons. The van der Waals surface area contributed by atoms with Crippen molar-refractivity contribution in [3.63, 3.8) is 0 Å². The number of halogens is 1. The molecule has 2 rings (SSSR count). The lowest BCUT2D eigenvalue weighted by Gasteiger charge is -2.01. The highest BCUT2D eigenvalue weighted by Crippen LogP contribution is 2.31. The summed E-state index contributed by atoms with van der Waals surface area (Å²) in [5.74, 6) is -0.325. The lowest BCUT2D eigenvalue weighted by atomic mass is 10.2. The van der Waals surface area contributed by atoms with Crippen molar-refractivity contribution in [1.82, 2.24) is 0 Å². The molecule has 1 aromatic heterocycles. The van der Waals surface area contributed by atoms with Gasteiger partial charge < -0.3 is 4.74 Å². The van der Waals surface area contributed by atoms with Crippen LogP contribution < -0.4 is 0 Å². The van der Waals surface area contributed by atoms with Gasteiger partial charge in [0.1, 0.15) is 0 Å². The Hall–Kier alpha value is -1.06. The van der Waals surface area contributed by atoms with Crippen LogP contribution >= 0.6 is 22.9 Å². The number of rotatable bonds is 1. The van der Waals surface area contributed by atoms with Crippen molar-refractivity contribution in [1.29, 1.82) is 0 Å². The summed E-state index contributed by atoms with van der Waals surface area (Å²) in [4.78, 5) is 11.4. The van der Waals surface area contributed by atoms with E-state index in [-0.39, 0.29) is 5.97 Å². The molecule has 0 unspecified atom stereocenters. The molecule has 14 heavy (non-hydrogen) atoms. The molecule has 0 atom stereocenters. The van der Waals surface area contributed by atoms with Crippen LogP contribution in [-0.2, 0) is 4.74 Å². The minimum Gasteiger partial charge on any atom is -0.465 e.